The average molecular weight is 253 g/mol. The van der Waals surface area contributed by atoms with Crippen LogP contribution >= 0.6 is 0 Å². The molecule has 0 heterocycles. The van der Waals surface area contributed by atoms with E-state index in [0.717, 1.165) is 0 Å². The fourth-order valence-electron chi connectivity index (χ4n) is 2.05. The molecule has 1 aromatic carbocycles. The van der Waals surface area contributed by atoms with Gasteiger partial charge in [0, 0.05) is 5.92 Å². The van der Waals surface area contributed by atoms with Gasteiger partial charge in [-0.25, -0.2) is 0 Å². The van der Waals surface area contributed by atoms with Gasteiger partial charge in [0.2, 0.25) is 5.75 Å². The van der Waals surface area contributed by atoms with E-state index >= 15 is 0 Å². The van der Waals surface area contributed by atoms with Crippen molar-refractivity contribution in [3.05, 3.63) is 17.7 Å². The molecule has 1 aliphatic carbocycles. The summed E-state index contributed by atoms with van der Waals surface area (Å²) in [6, 6.07) is 3.17. The number of nitrogens with two attached hydrogens (primary N) is 1. The van der Waals surface area contributed by atoms with Gasteiger partial charge in [-0.05, 0) is 24.1 Å². The highest BCUT2D eigenvalue weighted by molar-refractivity contribution is 5.85. The van der Waals surface area contributed by atoms with Gasteiger partial charge in [-0.3, -0.25) is 4.79 Å². The van der Waals surface area contributed by atoms with E-state index in [4.69, 9.17) is 20.3 Å². The van der Waals surface area contributed by atoms with Crippen LogP contribution in [0.1, 0.15) is 17.9 Å². The summed E-state index contributed by atoms with van der Waals surface area (Å²) in [4.78, 5) is 11.0. The summed E-state index contributed by atoms with van der Waals surface area (Å²) in [5.41, 5.74) is 5.20. The van der Waals surface area contributed by atoms with Crippen LogP contribution < -0.4 is 15.2 Å². The summed E-state index contributed by atoms with van der Waals surface area (Å²) in [5.74, 6) is -0.952. The van der Waals surface area contributed by atoms with Crippen molar-refractivity contribution in [3.63, 3.8) is 0 Å². The molecule has 0 aromatic heterocycles. The molecule has 1 fully saturated rings. The molecule has 0 bridgehead atoms. The Balaban J connectivity index is 2.39. The SMILES string of the molecule is COc1cc([C@@H]2C[C@@]2(N)C(=O)O)cc(OC)c1O. The lowest BCUT2D eigenvalue weighted by molar-refractivity contribution is -0.139. The molecular formula is C12H15NO5. The normalized spacial score (nSPS) is 25.6. The maximum Gasteiger partial charge on any atom is 0.324 e. The van der Waals surface area contributed by atoms with Crippen molar-refractivity contribution >= 4 is 5.97 Å². The van der Waals surface area contributed by atoms with Crippen LogP contribution in [-0.4, -0.2) is 35.9 Å². The van der Waals surface area contributed by atoms with Crippen LogP contribution in [0.4, 0.5) is 0 Å². The van der Waals surface area contributed by atoms with Crippen molar-refractivity contribution in [2.45, 2.75) is 17.9 Å². The first-order chi connectivity index (χ1) is 8.43. The molecule has 2 atom stereocenters. The number of phenolic OH excluding ortho intramolecular Hbond substituents is 1. The van der Waals surface area contributed by atoms with Gasteiger partial charge in [0.15, 0.2) is 11.5 Å². The lowest BCUT2D eigenvalue weighted by atomic mass is 10.1. The number of rotatable bonds is 4. The second-order valence-corrected chi connectivity index (χ2v) is 4.38. The zero-order chi connectivity index (χ0) is 13.5. The Labute approximate surface area is 104 Å². The van der Waals surface area contributed by atoms with Crippen LogP contribution in [0, 0.1) is 0 Å². The van der Waals surface area contributed by atoms with Crippen molar-refractivity contribution in [1.29, 1.82) is 0 Å². The molecule has 1 aromatic rings. The quantitative estimate of drug-likeness (QED) is 0.729. The largest absolute Gasteiger partial charge is 0.502 e. The monoisotopic (exact) mass is 253 g/mol. The third-order valence-electron chi connectivity index (χ3n) is 3.31. The van der Waals surface area contributed by atoms with Gasteiger partial charge in [0.05, 0.1) is 14.2 Å². The van der Waals surface area contributed by atoms with E-state index in [-0.39, 0.29) is 23.2 Å². The number of benzene rings is 1. The molecule has 6 nitrogen and oxygen atoms in total. The smallest absolute Gasteiger partial charge is 0.324 e. The van der Waals surface area contributed by atoms with E-state index in [0.29, 0.717) is 12.0 Å². The standard InChI is InChI=1S/C12H15NO5/c1-17-8-3-6(4-9(18-2)10(8)14)7-5-12(7,13)11(15)16/h3-4,7,14H,5,13H2,1-2H3,(H,15,16)/t7-,12-/m0/s1. The topological polar surface area (TPSA) is 102 Å². The average Bonchev–Trinajstić information content (AvgIpc) is 3.03. The Hall–Kier alpha value is -1.95. The van der Waals surface area contributed by atoms with E-state index in [1.54, 1.807) is 12.1 Å². The minimum Gasteiger partial charge on any atom is -0.502 e. The summed E-state index contributed by atoms with van der Waals surface area (Å²) in [7, 11) is 2.83. The van der Waals surface area contributed by atoms with Crippen LogP contribution in [0.25, 0.3) is 0 Å². The predicted molar refractivity (Wildman–Crippen MR) is 63.1 cm³/mol. The maximum atomic E-state index is 11.0. The van der Waals surface area contributed by atoms with Gasteiger partial charge in [-0.15, -0.1) is 0 Å². The Morgan fingerprint density at radius 2 is 1.89 bits per heavy atom. The third-order valence-corrected chi connectivity index (χ3v) is 3.31. The summed E-state index contributed by atoms with van der Waals surface area (Å²) in [6.07, 6.45) is 0.361. The number of phenols is 1. The van der Waals surface area contributed by atoms with Gasteiger partial charge in [-0.2, -0.15) is 0 Å². The van der Waals surface area contributed by atoms with Crippen LogP contribution in [0.3, 0.4) is 0 Å². The zero-order valence-corrected chi connectivity index (χ0v) is 10.1. The van der Waals surface area contributed by atoms with Gasteiger partial charge in [0.25, 0.3) is 0 Å². The molecule has 0 aliphatic heterocycles. The molecule has 2 rings (SSSR count). The molecular weight excluding hydrogens is 238 g/mol. The van der Waals surface area contributed by atoms with Crippen molar-refractivity contribution in [1.82, 2.24) is 0 Å². The highest BCUT2D eigenvalue weighted by Gasteiger charge is 2.58. The zero-order valence-electron chi connectivity index (χ0n) is 10.1. The molecule has 0 amide bonds. The van der Waals surface area contributed by atoms with E-state index in [2.05, 4.69) is 0 Å². The first kappa shape index (κ1) is 12.5. The minimum absolute atomic E-state index is 0.109. The van der Waals surface area contributed by atoms with Crippen LogP contribution in [0.15, 0.2) is 12.1 Å². The Bertz CT molecular complexity index is 476. The van der Waals surface area contributed by atoms with Crippen molar-refractivity contribution < 1.29 is 24.5 Å². The summed E-state index contributed by atoms with van der Waals surface area (Å²) in [5, 5.41) is 18.8. The van der Waals surface area contributed by atoms with E-state index < -0.39 is 11.5 Å². The molecule has 0 spiro atoms. The van der Waals surface area contributed by atoms with E-state index in [1.807, 2.05) is 0 Å². The third kappa shape index (κ3) is 1.74. The second-order valence-electron chi connectivity index (χ2n) is 4.38. The predicted octanol–water partition coefficient (Wildman–Crippen LogP) is 0.679. The molecule has 98 valence electrons. The number of hydrogen-bond donors (Lipinski definition) is 3. The molecule has 0 saturated heterocycles. The number of aliphatic carboxylic acids is 1. The van der Waals surface area contributed by atoms with Crippen LogP contribution in [0.2, 0.25) is 0 Å². The molecule has 0 unspecified atom stereocenters. The Morgan fingerprint density at radius 3 is 2.22 bits per heavy atom. The number of carboxylic acid groups (broad SMARTS) is 1. The first-order valence-electron chi connectivity index (χ1n) is 5.41. The highest BCUT2D eigenvalue weighted by atomic mass is 16.5. The minimum atomic E-state index is -1.23. The fraction of sp³-hybridized carbons (Fsp3) is 0.417. The van der Waals surface area contributed by atoms with Gasteiger partial charge < -0.3 is 25.4 Å². The number of carboxylic acids is 1. The molecule has 4 N–H and O–H groups in total. The highest BCUT2D eigenvalue weighted by Crippen LogP contribution is 2.52. The molecule has 0 radical (unpaired) electrons. The van der Waals surface area contributed by atoms with Crippen LogP contribution in [-0.2, 0) is 4.79 Å². The first-order valence-corrected chi connectivity index (χ1v) is 5.41. The molecule has 1 saturated carbocycles. The van der Waals surface area contributed by atoms with Crippen molar-refractivity contribution in [2.75, 3.05) is 14.2 Å². The Morgan fingerprint density at radius 1 is 1.39 bits per heavy atom. The lowest BCUT2D eigenvalue weighted by Gasteiger charge is -2.12. The van der Waals surface area contributed by atoms with Crippen LogP contribution in [0.5, 0.6) is 17.2 Å². The van der Waals surface area contributed by atoms with Crippen molar-refractivity contribution in [2.24, 2.45) is 5.73 Å². The molecule has 1 aliphatic rings. The van der Waals surface area contributed by atoms with Gasteiger partial charge >= 0.3 is 5.97 Å². The summed E-state index contributed by atoms with van der Waals surface area (Å²) in [6.45, 7) is 0. The van der Waals surface area contributed by atoms with Crippen molar-refractivity contribution in [3.8, 4) is 17.2 Å². The molecule has 18 heavy (non-hydrogen) atoms. The lowest BCUT2D eigenvalue weighted by Crippen LogP contribution is -2.34. The van der Waals surface area contributed by atoms with Gasteiger partial charge in [0.1, 0.15) is 5.54 Å². The number of aromatic hydroxyl groups is 1. The fourth-order valence-corrected chi connectivity index (χ4v) is 2.05. The molecule has 6 heteroatoms. The van der Waals surface area contributed by atoms with E-state index in [9.17, 15) is 9.90 Å². The maximum absolute atomic E-state index is 11.0. The number of hydrogen-bond acceptors (Lipinski definition) is 5. The number of methoxy groups -OCH3 is 2. The summed E-state index contributed by atoms with van der Waals surface area (Å²) >= 11 is 0. The summed E-state index contributed by atoms with van der Waals surface area (Å²) < 4.78 is 10.0. The number of ether oxygens (including phenoxy) is 2. The van der Waals surface area contributed by atoms with E-state index in [1.165, 1.54) is 14.2 Å². The van der Waals surface area contributed by atoms with Gasteiger partial charge in [-0.1, -0.05) is 0 Å². The Kier molecular flexibility index (Phi) is 2.82. The second kappa shape index (κ2) is 4.06. The number of carbonyl (C=O) groups is 1.